The molecule has 1 aliphatic heterocycles. The highest BCUT2D eigenvalue weighted by molar-refractivity contribution is 5.78. The van der Waals surface area contributed by atoms with Crippen LogP contribution in [0.1, 0.15) is 56.9 Å². The van der Waals surface area contributed by atoms with Gasteiger partial charge >= 0.3 is 6.09 Å². The lowest BCUT2D eigenvalue weighted by Crippen LogP contribution is -2.41. The fourth-order valence-electron chi connectivity index (χ4n) is 5.65. The molecule has 3 aromatic carbocycles. The maximum absolute atomic E-state index is 12.0. The summed E-state index contributed by atoms with van der Waals surface area (Å²) in [6.45, 7) is 9.21. The molecule has 0 aliphatic carbocycles. The van der Waals surface area contributed by atoms with Crippen molar-refractivity contribution in [1.82, 2.24) is 10.0 Å². The highest BCUT2D eigenvalue weighted by Crippen LogP contribution is 2.45. The van der Waals surface area contributed by atoms with Crippen molar-refractivity contribution in [3.05, 3.63) is 95.7 Å². The molecule has 2 atom stereocenters. The first-order valence-corrected chi connectivity index (χ1v) is 15.2. The first-order chi connectivity index (χ1) is 21.6. The second kappa shape index (κ2) is 13.8. The van der Waals surface area contributed by atoms with E-state index in [1.165, 1.54) is 0 Å². The Morgan fingerprint density at radius 1 is 0.867 bits per heavy atom. The first-order valence-electron chi connectivity index (χ1n) is 15.2. The molecular formula is C36H41N3O6. The maximum Gasteiger partial charge on any atom is 0.440 e. The Morgan fingerprint density at radius 3 is 1.98 bits per heavy atom. The summed E-state index contributed by atoms with van der Waals surface area (Å²) in [6.07, 6.45) is 1.18. The lowest BCUT2D eigenvalue weighted by atomic mass is 9.94. The van der Waals surface area contributed by atoms with Gasteiger partial charge in [0.05, 0.1) is 20.3 Å². The minimum atomic E-state index is -1.13. The number of anilines is 1. The summed E-state index contributed by atoms with van der Waals surface area (Å²) in [6, 6.07) is 23.4. The van der Waals surface area contributed by atoms with E-state index in [-0.39, 0.29) is 12.1 Å². The predicted molar refractivity (Wildman–Crippen MR) is 174 cm³/mol. The van der Waals surface area contributed by atoms with E-state index in [0.717, 1.165) is 50.2 Å². The van der Waals surface area contributed by atoms with Crippen molar-refractivity contribution in [2.75, 3.05) is 19.1 Å². The highest BCUT2D eigenvalue weighted by Gasteiger charge is 2.27. The van der Waals surface area contributed by atoms with Gasteiger partial charge in [0.25, 0.3) is 0 Å². The van der Waals surface area contributed by atoms with Crippen LogP contribution in [0.4, 0.5) is 10.6 Å². The summed E-state index contributed by atoms with van der Waals surface area (Å²) < 4.78 is 17.0. The van der Waals surface area contributed by atoms with Gasteiger partial charge in [-0.1, -0.05) is 38.1 Å². The fourth-order valence-corrected chi connectivity index (χ4v) is 5.65. The summed E-state index contributed by atoms with van der Waals surface area (Å²) >= 11 is 0. The topological polar surface area (TPSA) is 93.6 Å². The number of rotatable bonds is 12. The van der Waals surface area contributed by atoms with Gasteiger partial charge in [0.15, 0.2) is 5.75 Å². The minimum absolute atomic E-state index is 0.253. The molecule has 5 rings (SSSR count). The Hall–Kier alpha value is -4.92. The third-order valence-electron chi connectivity index (χ3n) is 7.90. The van der Waals surface area contributed by atoms with Crippen molar-refractivity contribution in [2.45, 2.75) is 59.4 Å². The van der Waals surface area contributed by atoms with E-state index in [2.05, 4.69) is 49.1 Å². The van der Waals surface area contributed by atoms with Gasteiger partial charge in [-0.25, -0.2) is 9.78 Å². The van der Waals surface area contributed by atoms with Crippen LogP contribution in [0.3, 0.4) is 0 Å². The zero-order chi connectivity index (χ0) is 32.1. The highest BCUT2D eigenvalue weighted by atomic mass is 16.7. The van der Waals surface area contributed by atoms with Gasteiger partial charge < -0.3 is 29.1 Å². The number of hydroxylamine groups is 2. The summed E-state index contributed by atoms with van der Waals surface area (Å²) in [4.78, 5) is 25.0. The molecule has 0 saturated heterocycles. The molecule has 2 heterocycles. The number of carbonyl (C=O) groups is 1. The van der Waals surface area contributed by atoms with E-state index in [1.54, 1.807) is 26.4 Å². The largest absolute Gasteiger partial charge is 0.497 e. The second-order valence-corrected chi connectivity index (χ2v) is 11.8. The van der Waals surface area contributed by atoms with Gasteiger partial charge in [-0.3, -0.25) is 0 Å². The Bertz CT molecular complexity index is 1560. The number of hydrogen-bond donors (Lipinski definition) is 1. The lowest BCUT2D eigenvalue weighted by molar-refractivity contribution is -0.0683. The quantitative estimate of drug-likeness (QED) is 0.161. The Morgan fingerprint density at radius 2 is 1.44 bits per heavy atom. The molecule has 4 aromatic rings. The number of amides is 1. The van der Waals surface area contributed by atoms with E-state index < -0.39 is 6.09 Å². The van der Waals surface area contributed by atoms with Gasteiger partial charge in [-0.2, -0.15) is 0 Å². The van der Waals surface area contributed by atoms with Crippen LogP contribution in [0, 0.1) is 5.92 Å². The van der Waals surface area contributed by atoms with Crippen LogP contribution >= 0.6 is 0 Å². The predicted octanol–water partition coefficient (Wildman–Crippen LogP) is 8.13. The van der Waals surface area contributed by atoms with Gasteiger partial charge in [-0.15, -0.1) is 5.06 Å². The Labute approximate surface area is 264 Å². The SMILES string of the molecule is COc1ccc(CN(Cc2ccc(OC)cc2)c2cc3c(cn2)C(C)Oc2cc(ON(C(=O)O)[C@@H](C)CC(C)C)ccc2-3)cc1. The average Bonchev–Trinajstić information content (AvgIpc) is 3.03. The molecule has 9 nitrogen and oxygen atoms in total. The fraction of sp³-hybridized carbons (Fsp3) is 0.333. The number of benzene rings is 3. The van der Waals surface area contributed by atoms with Gasteiger partial charge in [0.1, 0.15) is 29.2 Å². The van der Waals surface area contributed by atoms with Crippen molar-refractivity contribution in [1.29, 1.82) is 0 Å². The minimum Gasteiger partial charge on any atom is -0.497 e. The third kappa shape index (κ3) is 7.42. The Balaban J connectivity index is 1.47. The number of aromatic nitrogens is 1. The number of pyridine rings is 1. The number of methoxy groups -OCH3 is 2. The lowest BCUT2D eigenvalue weighted by Gasteiger charge is -2.30. The van der Waals surface area contributed by atoms with E-state index in [9.17, 15) is 9.90 Å². The summed E-state index contributed by atoms with van der Waals surface area (Å²) in [7, 11) is 3.32. The molecule has 0 saturated carbocycles. The van der Waals surface area contributed by atoms with Crippen molar-refractivity contribution < 1.29 is 28.9 Å². The average molecular weight is 612 g/mol. The molecule has 1 unspecified atom stereocenters. The molecule has 1 N–H and O–H groups in total. The van der Waals surface area contributed by atoms with Crippen LogP contribution in [-0.2, 0) is 13.1 Å². The number of nitrogens with zero attached hydrogens (tertiary/aromatic N) is 3. The first kappa shape index (κ1) is 31.5. The van der Waals surface area contributed by atoms with E-state index in [0.29, 0.717) is 36.9 Å². The van der Waals surface area contributed by atoms with Crippen LogP contribution in [-0.4, -0.2) is 41.5 Å². The maximum atomic E-state index is 12.0. The summed E-state index contributed by atoms with van der Waals surface area (Å²) in [5.41, 5.74) is 5.13. The van der Waals surface area contributed by atoms with Crippen LogP contribution in [0.2, 0.25) is 0 Å². The second-order valence-electron chi connectivity index (χ2n) is 11.8. The molecule has 0 fully saturated rings. The standard InChI is InChI=1S/C36H41N3O6/c1-23(2)17-24(3)39(36(40)41)45-30-15-16-31-32-19-35(37-20-33(32)25(4)44-34(31)18-30)38(21-26-7-11-28(42-5)12-8-26)22-27-9-13-29(43-6)14-10-27/h7-16,18-20,23-25H,17,21-22H2,1-6H3,(H,40,41)/t24-,25?/m0/s1. The summed E-state index contributed by atoms with van der Waals surface area (Å²) in [5.74, 6) is 3.79. The van der Waals surface area contributed by atoms with Crippen molar-refractivity contribution >= 4 is 11.9 Å². The zero-order valence-corrected chi connectivity index (χ0v) is 26.7. The molecular weight excluding hydrogens is 570 g/mol. The number of hydrogen-bond acceptors (Lipinski definition) is 7. The number of ether oxygens (including phenoxy) is 3. The molecule has 0 bridgehead atoms. The molecule has 45 heavy (non-hydrogen) atoms. The molecule has 9 heteroatoms. The third-order valence-corrected chi connectivity index (χ3v) is 7.90. The molecule has 236 valence electrons. The monoisotopic (exact) mass is 611 g/mol. The smallest absolute Gasteiger partial charge is 0.440 e. The number of carboxylic acid groups (broad SMARTS) is 1. The molecule has 1 aliphatic rings. The van der Waals surface area contributed by atoms with Gasteiger partial charge in [0.2, 0.25) is 0 Å². The number of fused-ring (bicyclic) bond motifs is 3. The van der Waals surface area contributed by atoms with E-state index in [4.69, 9.17) is 24.0 Å². The molecule has 1 aromatic heterocycles. The van der Waals surface area contributed by atoms with Crippen LogP contribution in [0.15, 0.2) is 79.0 Å². The van der Waals surface area contributed by atoms with Crippen LogP contribution in [0.25, 0.3) is 11.1 Å². The van der Waals surface area contributed by atoms with Crippen molar-refractivity contribution in [2.24, 2.45) is 5.92 Å². The van der Waals surface area contributed by atoms with Crippen LogP contribution in [0.5, 0.6) is 23.0 Å². The van der Waals surface area contributed by atoms with E-state index in [1.807, 2.05) is 50.4 Å². The summed E-state index contributed by atoms with van der Waals surface area (Å²) in [5, 5.41) is 10.8. The van der Waals surface area contributed by atoms with E-state index >= 15 is 0 Å². The van der Waals surface area contributed by atoms with Crippen LogP contribution < -0.4 is 23.9 Å². The molecule has 0 spiro atoms. The normalized spacial score (nSPS) is 14.1. The van der Waals surface area contributed by atoms with Gasteiger partial charge in [0, 0.05) is 36.5 Å². The van der Waals surface area contributed by atoms with Crippen molar-refractivity contribution in [3.8, 4) is 34.1 Å². The molecule has 0 radical (unpaired) electrons. The van der Waals surface area contributed by atoms with Gasteiger partial charge in [-0.05, 0) is 85.3 Å². The zero-order valence-electron chi connectivity index (χ0n) is 26.7. The van der Waals surface area contributed by atoms with Crippen molar-refractivity contribution in [3.63, 3.8) is 0 Å². The Kier molecular flexibility index (Phi) is 9.66. The molecule has 1 amide bonds.